The molecule has 1 aliphatic rings. The van der Waals surface area contributed by atoms with Crippen molar-refractivity contribution in [2.75, 3.05) is 18.9 Å². The predicted octanol–water partition coefficient (Wildman–Crippen LogP) is 5.79. The summed E-state index contributed by atoms with van der Waals surface area (Å²) in [6, 6.07) is 8.62. The molecular weight excluding hydrogens is 429 g/mol. The van der Waals surface area contributed by atoms with Crippen LogP contribution in [0.2, 0.25) is 5.02 Å². The minimum atomic E-state index is -0.778. The zero-order valence-corrected chi connectivity index (χ0v) is 19.0. The minimum absolute atomic E-state index is 0.0492. The average Bonchev–Trinajstić information content (AvgIpc) is 2.77. The second-order valence-electron chi connectivity index (χ2n) is 8.56. The molecule has 1 saturated carbocycles. The minimum Gasteiger partial charge on any atom is -0.504 e. The molecule has 1 heterocycles. The van der Waals surface area contributed by atoms with Gasteiger partial charge in [0.25, 0.3) is 0 Å². The van der Waals surface area contributed by atoms with Crippen LogP contribution in [0.1, 0.15) is 43.0 Å². The molecule has 0 spiro atoms. The fraction of sp³-hybridized carbons (Fsp3) is 0.360. The van der Waals surface area contributed by atoms with Crippen LogP contribution in [-0.4, -0.2) is 35.5 Å². The van der Waals surface area contributed by atoms with Gasteiger partial charge in [-0.05, 0) is 81.1 Å². The highest BCUT2D eigenvalue weighted by Crippen LogP contribution is 2.36. The van der Waals surface area contributed by atoms with Gasteiger partial charge >= 0.3 is 0 Å². The zero-order valence-electron chi connectivity index (χ0n) is 18.2. The van der Waals surface area contributed by atoms with E-state index in [2.05, 4.69) is 15.6 Å². The van der Waals surface area contributed by atoms with Crippen LogP contribution in [0.4, 0.5) is 10.1 Å². The molecule has 1 aliphatic carbocycles. The second-order valence-corrected chi connectivity index (χ2v) is 8.96. The fourth-order valence-corrected chi connectivity index (χ4v) is 4.83. The summed E-state index contributed by atoms with van der Waals surface area (Å²) >= 11 is 5.99. The number of hydrogen-bond acceptors (Lipinski definition) is 5. The largest absolute Gasteiger partial charge is 0.504 e. The Morgan fingerprint density at radius 1 is 1.25 bits per heavy atom. The van der Waals surface area contributed by atoms with Crippen molar-refractivity contribution in [2.24, 2.45) is 5.92 Å². The number of fused-ring (bicyclic) bond motifs is 1. The van der Waals surface area contributed by atoms with Gasteiger partial charge < -0.3 is 15.7 Å². The second kappa shape index (κ2) is 9.43. The Morgan fingerprint density at radius 3 is 2.78 bits per heavy atom. The first-order valence-corrected chi connectivity index (χ1v) is 11.3. The summed E-state index contributed by atoms with van der Waals surface area (Å²) in [5.74, 6) is -0.807. The number of ketones is 1. The van der Waals surface area contributed by atoms with Crippen molar-refractivity contribution in [3.05, 3.63) is 52.9 Å². The summed E-state index contributed by atoms with van der Waals surface area (Å²) < 4.78 is 14.1. The Balaban J connectivity index is 1.78. The lowest BCUT2D eigenvalue weighted by Crippen LogP contribution is -2.32. The van der Waals surface area contributed by atoms with E-state index < -0.39 is 11.6 Å². The summed E-state index contributed by atoms with van der Waals surface area (Å²) in [7, 11) is 1.97. The lowest BCUT2D eigenvalue weighted by molar-refractivity contribution is 0.101. The van der Waals surface area contributed by atoms with Crippen LogP contribution in [0.15, 0.2) is 36.5 Å². The number of rotatable bonds is 6. The van der Waals surface area contributed by atoms with E-state index in [1.54, 1.807) is 6.20 Å². The van der Waals surface area contributed by atoms with Crippen molar-refractivity contribution in [3.63, 3.8) is 0 Å². The van der Waals surface area contributed by atoms with Crippen molar-refractivity contribution in [1.29, 1.82) is 0 Å². The number of anilines is 1. The van der Waals surface area contributed by atoms with Gasteiger partial charge in [-0.25, -0.2) is 4.39 Å². The van der Waals surface area contributed by atoms with Gasteiger partial charge in [-0.1, -0.05) is 24.1 Å². The molecule has 168 valence electrons. The van der Waals surface area contributed by atoms with Gasteiger partial charge in [0.05, 0.1) is 21.8 Å². The van der Waals surface area contributed by atoms with E-state index in [0.717, 1.165) is 48.0 Å². The maximum Gasteiger partial charge on any atom is 0.170 e. The van der Waals surface area contributed by atoms with Crippen LogP contribution < -0.4 is 10.6 Å². The predicted molar refractivity (Wildman–Crippen MR) is 127 cm³/mol. The Hall–Kier alpha value is -2.70. The molecule has 5 nitrogen and oxygen atoms in total. The number of nitrogens with zero attached hydrogens (tertiary/aromatic N) is 1. The van der Waals surface area contributed by atoms with Crippen LogP contribution in [0.3, 0.4) is 0 Å². The number of nitrogens with one attached hydrogen (secondary N) is 2. The molecule has 2 aromatic carbocycles. The van der Waals surface area contributed by atoms with Crippen molar-refractivity contribution >= 4 is 34.0 Å². The molecule has 3 N–H and O–H groups in total. The molecule has 2 atom stereocenters. The third kappa shape index (κ3) is 4.57. The number of pyridine rings is 1. The van der Waals surface area contributed by atoms with Gasteiger partial charge in [0.2, 0.25) is 0 Å². The van der Waals surface area contributed by atoms with Gasteiger partial charge in [0.1, 0.15) is 0 Å². The highest BCUT2D eigenvalue weighted by molar-refractivity contribution is 6.32. The third-order valence-corrected chi connectivity index (χ3v) is 6.51. The van der Waals surface area contributed by atoms with Gasteiger partial charge in [-0.2, -0.15) is 0 Å². The van der Waals surface area contributed by atoms with Crippen molar-refractivity contribution in [1.82, 2.24) is 10.3 Å². The SMILES string of the molecule is CNCC1CCCC(Nc2c(C(C)=O)cnc3ccc(-c4cc(F)c(O)c(Cl)c4)cc23)C1. The van der Waals surface area contributed by atoms with E-state index in [1.807, 2.05) is 25.2 Å². The van der Waals surface area contributed by atoms with Crippen LogP contribution in [0.25, 0.3) is 22.0 Å². The first-order chi connectivity index (χ1) is 15.4. The van der Waals surface area contributed by atoms with Gasteiger partial charge in [-0.3, -0.25) is 9.78 Å². The van der Waals surface area contributed by atoms with Crippen LogP contribution in [0, 0.1) is 11.7 Å². The van der Waals surface area contributed by atoms with E-state index in [9.17, 15) is 14.3 Å². The Kier molecular flexibility index (Phi) is 6.63. The van der Waals surface area contributed by atoms with E-state index in [0.29, 0.717) is 17.0 Å². The summed E-state index contributed by atoms with van der Waals surface area (Å²) in [6.45, 7) is 2.52. The third-order valence-electron chi connectivity index (χ3n) is 6.22. The quantitative estimate of drug-likeness (QED) is 0.410. The molecule has 7 heteroatoms. The van der Waals surface area contributed by atoms with Gasteiger partial charge in [0, 0.05) is 17.6 Å². The van der Waals surface area contributed by atoms with E-state index in [-0.39, 0.29) is 16.8 Å². The Bertz CT molecular complexity index is 1140. The number of phenolic OH excluding ortho intramolecular Hbond substituents is 1. The highest BCUT2D eigenvalue weighted by Gasteiger charge is 2.24. The number of carbonyl (C=O) groups is 1. The summed E-state index contributed by atoms with van der Waals surface area (Å²) in [5.41, 5.74) is 3.32. The maximum absolute atomic E-state index is 14.1. The number of halogens is 2. The Labute approximate surface area is 192 Å². The Morgan fingerprint density at radius 2 is 2.06 bits per heavy atom. The van der Waals surface area contributed by atoms with Crippen LogP contribution in [-0.2, 0) is 0 Å². The molecule has 4 rings (SSSR count). The molecule has 0 aliphatic heterocycles. The first-order valence-electron chi connectivity index (χ1n) is 10.9. The summed E-state index contributed by atoms with van der Waals surface area (Å²) in [6.07, 6.45) is 6.03. The lowest BCUT2D eigenvalue weighted by atomic mass is 9.85. The van der Waals surface area contributed by atoms with Crippen LogP contribution in [0.5, 0.6) is 5.75 Å². The first kappa shape index (κ1) is 22.5. The molecular formula is C25H27ClFN3O2. The van der Waals surface area contributed by atoms with E-state index in [1.165, 1.54) is 25.5 Å². The lowest BCUT2D eigenvalue weighted by Gasteiger charge is -2.31. The normalized spacial score (nSPS) is 18.6. The fourth-order valence-electron chi connectivity index (χ4n) is 4.63. The van der Waals surface area contributed by atoms with Gasteiger partial charge in [0.15, 0.2) is 17.3 Å². The summed E-state index contributed by atoms with van der Waals surface area (Å²) in [4.78, 5) is 16.9. The standard InChI is InChI=1S/C25H27ClFN3O2/c1-14(31)20-13-29-23-7-6-16(17-10-21(26)25(32)22(27)11-17)9-19(23)24(20)30-18-5-3-4-15(8-18)12-28-2/h6-7,9-11,13,15,18,28,32H,3-5,8,12H2,1-2H3,(H,29,30). The number of carbonyl (C=O) groups excluding carboxylic acids is 1. The number of hydrogen-bond donors (Lipinski definition) is 3. The topological polar surface area (TPSA) is 74.2 Å². The van der Waals surface area contributed by atoms with Crippen molar-refractivity contribution < 1.29 is 14.3 Å². The monoisotopic (exact) mass is 455 g/mol. The molecule has 0 bridgehead atoms. The highest BCUT2D eigenvalue weighted by atomic mass is 35.5. The molecule has 3 aromatic rings. The molecule has 32 heavy (non-hydrogen) atoms. The van der Waals surface area contributed by atoms with E-state index >= 15 is 0 Å². The maximum atomic E-state index is 14.1. The molecule has 0 radical (unpaired) electrons. The number of aromatic hydroxyl groups is 1. The number of aromatic nitrogens is 1. The average molecular weight is 456 g/mol. The zero-order chi connectivity index (χ0) is 22.8. The van der Waals surface area contributed by atoms with Crippen molar-refractivity contribution in [2.45, 2.75) is 38.6 Å². The molecule has 0 amide bonds. The van der Waals surface area contributed by atoms with Gasteiger partial charge in [-0.15, -0.1) is 0 Å². The smallest absolute Gasteiger partial charge is 0.170 e. The molecule has 1 fully saturated rings. The molecule has 2 unspecified atom stereocenters. The summed E-state index contributed by atoms with van der Waals surface area (Å²) in [5, 5.41) is 17.3. The number of Topliss-reactive ketones (excluding diaryl/α,β-unsaturated/α-hetero) is 1. The van der Waals surface area contributed by atoms with Crippen LogP contribution >= 0.6 is 11.6 Å². The number of phenols is 1. The van der Waals surface area contributed by atoms with Crippen molar-refractivity contribution in [3.8, 4) is 16.9 Å². The molecule has 0 saturated heterocycles. The molecule has 1 aromatic heterocycles. The van der Waals surface area contributed by atoms with E-state index in [4.69, 9.17) is 11.6 Å². The number of benzene rings is 2.